The average Bonchev–Trinajstić information content (AvgIpc) is 3.45. The molecule has 0 atom stereocenters. The van der Waals surface area contributed by atoms with E-state index in [1.54, 1.807) is 0 Å². The van der Waals surface area contributed by atoms with Gasteiger partial charge in [-0.2, -0.15) is 11.8 Å². The Balaban J connectivity index is 0.00000243. The second-order valence-electron chi connectivity index (χ2n) is 7.15. The minimum absolute atomic E-state index is 0. The first-order valence-electron chi connectivity index (χ1n) is 9.44. The van der Waals surface area contributed by atoms with E-state index in [0.29, 0.717) is 5.41 Å². The van der Waals surface area contributed by atoms with Crippen LogP contribution in [-0.2, 0) is 10.2 Å². The first-order valence-corrected chi connectivity index (χ1v) is 10.4. The SMILES string of the molecule is CCSC1(CNC(=NC)NCC2(c3ccccc3)CC2)CCOCC1.I. The number of aliphatic imine (C=N–C) groups is 1. The van der Waals surface area contributed by atoms with Crippen LogP contribution in [0.4, 0.5) is 0 Å². The summed E-state index contributed by atoms with van der Waals surface area (Å²) in [4.78, 5) is 4.44. The summed E-state index contributed by atoms with van der Waals surface area (Å²) in [6.07, 6.45) is 4.74. The van der Waals surface area contributed by atoms with Crippen LogP contribution in [0.3, 0.4) is 0 Å². The second kappa shape index (κ2) is 10.2. The largest absolute Gasteiger partial charge is 0.381 e. The van der Waals surface area contributed by atoms with Crippen molar-refractivity contribution in [2.24, 2.45) is 4.99 Å². The Morgan fingerprint density at radius 3 is 2.31 bits per heavy atom. The van der Waals surface area contributed by atoms with Crippen LogP contribution in [0, 0.1) is 0 Å². The summed E-state index contributed by atoms with van der Waals surface area (Å²) in [5, 5.41) is 7.15. The van der Waals surface area contributed by atoms with Crippen molar-refractivity contribution in [3.8, 4) is 0 Å². The number of nitrogens with zero attached hydrogens (tertiary/aromatic N) is 1. The zero-order chi connectivity index (χ0) is 17.6. The molecule has 146 valence electrons. The Hall–Kier alpha value is -0.470. The lowest BCUT2D eigenvalue weighted by Gasteiger charge is -2.37. The van der Waals surface area contributed by atoms with Crippen molar-refractivity contribution in [2.75, 3.05) is 39.1 Å². The molecule has 1 aromatic rings. The van der Waals surface area contributed by atoms with E-state index >= 15 is 0 Å². The molecule has 1 saturated carbocycles. The summed E-state index contributed by atoms with van der Waals surface area (Å²) in [5.41, 5.74) is 1.74. The Kier molecular flexibility index (Phi) is 8.54. The van der Waals surface area contributed by atoms with Gasteiger partial charge in [0.1, 0.15) is 0 Å². The maximum Gasteiger partial charge on any atom is 0.191 e. The second-order valence-corrected chi connectivity index (χ2v) is 8.89. The van der Waals surface area contributed by atoms with Crippen LogP contribution < -0.4 is 10.6 Å². The quantitative estimate of drug-likeness (QED) is 0.348. The van der Waals surface area contributed by atoms with E-state index in [-0.39, 0.29) is 28.7 Å². The van der Waals surface area contributed by atoms with Crippen molar-refractivity contribution >= 4 is 41.7 Å². The summed E-state index contributed by atoms with van der Waals surface area (Å²) in [5.74, 6) is 2.06. The van der Waals surface area contributed by atoms with Gasteiger partial charge in [-0.05, 0) is 37.0 Å². The van der Waals surface area contributed by atoms with E-state index in [9.17, 15) is 0 Å². The summed E-state index contributed by atoms with van der Waals surface area (Å²) in [6, 6.07) is 10.9. The van der Waals surface area contributed by atoms with Crippen LogP contribution in [0.1, 0.15) is 38.2 Å². The normalized spacial score (nSPS) is 20.8. The van der Waals surface area contributed by atoms with E-state index < -0.39 is 0 Å². The molecular formula is C20H32IN3OS. The summed E-state index contributed by atoms with van der Waals surface area (Å²) >= 11 is 2.06. The van der Waals surface area contributed by atoms with Crippen LogP contribution in [0.15, 0.2) is 35.3 Å². The molecule has 1 aromatic carbocycles. The molecule has 2 aliphatic rings. The van der Waals surface area contributed by atoms with Crippen molar-refractivity contribution in [3.05, 3.63) is 35.9 Å². The molecule has 0 radical (unpaired) electrons. The number of benzene rings is 1. The van der Waals surface area contributed by atoms with Crippen molar-refractivity contribution < 1.29 is 4.74 Å². The topological polar surface area (TPSA) is 45.7 Å². The lowest BCUT2D eigenvalue weighted by Crippen LogP contribution is -2.49. The van der Waals surface area contributed by atoms with Crippen LogP contribution in [0.2, 0.25) is 0 Å². The third-order valence-corrected chi connectivity index (χ3v) is 6.94. The fourth-order valence-corrected chi connectivity index (χ4v) is 4.89. The molecule has 2 N–H and O–H groups in total. The molecule has 0 aromatic heterocycles. The van der Waals surface area contributed by atoms with Gasteiger partial charge in [0.25, 0.3) is 0 Å². The van der Waals surface area contributed by atoms with Crippen LogP contribution >= 0.6 is 35.7 Å². The molecule has 1 aliphatic carbocycles. The van der Waals surface area contributed by atoms with Crippen molar-refractivity contribution in [1.82, 2.24) is 10.6 Å². The van der Waals surface area contributed by atoms with Gasteiger partial charge in [-0.3, -0.25) is 4.99 Å². The standard InChI is InChI=1S/C20H31N3OS.HI/c1-3-25-20(11-13-24-14-12-20)16-23-18(21-2)22-15-19(9-10-19)17-7-5-4-6-8-17;/h4-8H,3,9-16H2,1-2H3,(H2,21,22,23);1H. The zero-order valence-electron chi connectivity index (χ0n) is 15.9. The van der Waals surface area contributed by atoms with Crippen LogP contribution in [0.5, 0.6) is 0 Å². The number of hydrogen-bond acceptors (Lipinski definition) is 3. The van der Waals surface area contributed by atoms with Crippen molar-refractivity contribution in [1.29, 1.82) is 0 Å². The molecule has 1 aliphatic heterocycles. The fourth-order valence-electron chi connectivity index (χ4n) is 3.65. The Bertz CT molecular complexity index is 566. The highest BCUT2D eigenvalue weighted by Crippen LogP contribution is 2.47. The Labute approximate surface area is 179 Å². The van der Waals surface area contributed by atoms with E-state index in [4.69, 9.17) is 4.74 Å². The predicted octanol–water partition coefficient (Wildman–Crippen LogP) is 3.80. The van der Waals surface area contributed by atoms with Crippen LogP contribution in [0.25, 0.3) is 0 Å². The lowest BCUT2D eigenvalue weighted by atomic mass is 9.96. The summed E-state index contributed by atoms with van der Waals surface area (Å²) in [6.45, 7) is 5.89. The molecule has 2 fully saturated rings. The van der Waals surface area contributed by atoms with Gasteiger partial charge in [-0.25, -0.2) is 0 Å². The number of hydrogen-bond donors (Lipinski definition) is 2. The molecule has 26 heavy (non-hydrogen) atoms. The highest BCUT2D eigenvalue weighted by atomic mass is 127. The summed E-state index contributed by atoms with van der Waals surface area (Å²) in [7, 11) is 1.86. The first-order chi connectivity index (χ1) is 12.2. The Morgan fingerprint density at radius 2 is 1.73 bits per heavy atom. The molecule has 3 rings (SSSR count). The molecular weight excluding hydrogens is 457 g/mol. The number of thioether (sulfide) groups is 1. The van der Waals surface area contributed by atoms with Gasteiger partial charge in [0.2, 0.25) is 0 Å². The number of rotatable bonds is 7. The molecule has 0 bridgehead atoms. The number of halogens is 1. The summed E-state index contributed by atoms with van der Waals surface area (Å²) < 4.78 is 5.85. The molecule has 1 saturated heterocycles. The molecule has 4 nitrogen and oxygen atoms in total. The van der Waals surface area contributed by atoms with Gasteiger partial charge < -0.3 is 15.4 Å². The lowest BCUT2D eigenvalue weighted by molar-refractivity contribution is 0.0782. The number of guanidine groups is 1. The van der Waals surface area contributed by atoms with Gasteiger partial charge in [0.15, 0.2) is 5.96 Å². The zero-order valence-corrected chi connectivity index (χ0v) is 19.1. The minimum Gasteiger partial charge on any atom is -0.381 e. The Morgan fingerprint density at radius 1 is 1.08 bits per heavy atom. The fraction of sp³-hybridized carbons (Fsp3) is 0.650. The smallest absolute Gasteiger partial charge is 0.191 e. The van der Waals surface area contributed by atoms with Gasteiger partial charge in [-0.15, -0.1) is 24.0 Å². The minimum atomic E-state index is 0. The van der Waals surface area contributed by atoms with E-state index in [0.717, 1.165) is 50.9 Å². The molecule has 0 unspecified atom stereocenters. The third kappa shape index (κ3) is 5.52. The predicted molar refractivity (Wildman–Crippen MR) is 123 cm³/mol. The van der Waals surface area contributed by atoms with Gasteiger partial charge in [0.05, 0.1) is 0 Å². The van der Waals surface area contributed by atoms with Gasteiger partial charge in [-0.1, -0.05) is 37.3 Å². The van der Waals surface area contributed by atoms with Crippen LogP contribution in [-0.4, -0.2) is 49.8 Å². The average molecular weight is 489 g/mol. The molecule has 1 heterocycles. The van der Waals surface area contributed by atoms with E-state index in [1.807, 2.05) is 7.05 Å². The number of nitrogens with one attached hydrogen (secondary N) is 2. The van der Waals surface area contributed by atoms with Crippen molar-refractivity contribution in [2.45, 2.75) is 42.8 Å². The van der Waals surface area contributed by atoms with Gasteiger partial charge >= 0.3 is 0 Å². The number of ether oxygens (including phenoxy) is 1. The highest BCUT2D eigenvalue weighted by molar-refractivity contribution is 14.0. The first kappa shape index (κ1) is 21.8. The maximum absolute atomic E-state index is 5.57. The molecule has 0 spiro atoms. The maximum atomic E-state index is 5.57. The van der Waals surface area contributed by atoms with E-state index in [1.165, 1.54) is 18.4 Å². The third-order valence-electron chi connectivity index (χ3n) is 5.49. The molecule has 6 heteroatoms. The molecule has 0 amide bonds. The monoisotopic (exact) mass is 489 g/mol. The van der Waals surface area contributed by atoms with Crippen molar-refractivity contribution in [3.63, 3.8) is 0 Å². The highest BCUT2D eigenvalue weighted by Gasteiger charge is 2.44. The van der Waals surface area contributed by atoms with E-state index in [2.05, 4.69) is 64.6 Å². The van der Waals surface area contributed by atoms with Gasteiger partial charge in [0, 0.05) is 43.5 Å².